The van der Waals surface area contributed by atoms with Crippen molar-refractivity contribution in [3.05, 3.63) is 6.07 Å². The lowest BCUT2D eigenvalue weighted by molar-refractivity contribution is 0.345. The van der Waals surface area contributed by atoms with E-state index in [9.17, 15) is 0 Å². The largest absolute Gasteiger partial charge is 0.481 e. The van der Waals surface area contributed by atoms with Crippen LogP contribution in [0.15, 0.2) is 6.07 Å². The van der Waals surface area contributed by atoms with Crippen molar-refractivity contribution < 1.29 is 4.74 Å². The first-order valence-corrected chi connectivity index (χ1v) is 6.36. The number of anilines is 2. The summed E-state index contributed by atoms with van der Waals surface area (Å²) in [5.74, 6) is 2.13. The van der Waals surface area contributed by atoms with Gasteiger partial charge in [0.1, 0.15) is 5.82 Å². The Morgan fingerprint density at radius 3 is 3.06 bits per heavy atom. The number of aromatic nitrogens is 2. The molecule has 0 aliphatic carbocycles. The molecule has 1 aromatic heterocycles. The molecule has 100 valence electrons. The highest BCUT2D eigenvalue weighted by Crippen LogP contribution is 2.18. The van der Waals surface area contributed by atoms with Crippen LogP contribution in [0.2, 0.25) is 0 Å². The van der Waals surface area contributed by atoms with Crippen LogP contribution in [0.4, 0.5) is 11.8 Å². The van der Waals surface area contributed by atoms with Gasteiger partial charge in [-0.25, -0.2) is 0 Å². The standard InChI is InChI=1S/C12H21N5O/c1-3-17-5-4-9(8-17)7-14-10-6-11(18-2)16-12(13)15-10/h6,9H,3-5,7-8H2,1-2H3,(H3,13,14,15,16). The second-order valence-electron chi connectivity index (χ2n) is 4.58. The minimum absolute atomic E-state index is 0.235. The normalized spacial score (nSPS) is 20.0. The first kappa shape index (κ1) is 12.9. The predicted molar refractivity (Wildman–Crippen MR) is 71.7 cm³/mol. The maximum atomic E-state index is 5.61. The lowest BCUT2D eigenvalue weighted by Crippen LogP contribution is -2.22. The summed E-state index contributed by atoms with van der Waals surface area (Å²) in [5.41, 5.74) is 5.61. The number of ether oxygens (including phenoxy) is 1. The smallest absolute Gasteiger partial charge is 0.225 e. The summed E-state index contributed by atoms with van der Waals surface area (Å²) in [5, 5.41) is 3.31. The van der Waals surface area contributed by atoms with E-state index in [0.29, 0.717) is 11.8 Å². The van der Waals surface area contributed by atoms with Gasteiger partial charge in [0, 0.05) is 19.2 Å². The monoisotopic (exact) mass is 251 g/mol. The highest BCUT2D eigenvalue weighted by Gasteiger charge is 2.20. The van der Waals surface area contributed by atoms with E-state index in [4.69, 9.17) is 10.5 Å². The van der Waals surface area contributed by atoms with Gasteiger partial charge in [0.2, 0.25) is 11.8 Å². The van der Waals surface area contributed by atoms with Crippen molar-refractivity contribution in [2.24, 2.45) is 5.92 Å². The molecule has 1 unspecified atom stereocenters. The fourth-order valence-corrected chi connectivity index (χ4v) is 2.25. The fourth-order valence-electron chi connectivity index (χ4n) is 2.25. The first-order chi connectivity index (χ1) is 8.71. The van der Waals surface area contributed by atoms with Crippen LogP contribution in [0.3, 0.4) is 0 Å². The van der Waals surface area contributed by atoms with Gasteiger partial charge in [0.05, 0.1) is 7.11 Å². The van der Waals surface area contributed by atoms with Gasteiger partial charge >= 0.3 is 0 Å². The van der Waals surface area contributed by atoms with Gasteiger partial charge < -0.3 is 20.7 Å². The molecule has 0 aromatic carbocycles. The SMILES string of the molecule is CCN1CCC(CNc2cc(OC)nc(N)n2)C1. The fraction of sp³-hybridized carbons (Fsp3) is 0.667. The zero-order chi connectivity index (χ0) is 13.0. The van der Waals surface area contributed by atoms with Crippen LogP contribution in [0.1, 0.15) is 13.3 Å². The Hall–Kier alpha value is -1.56. The number of likely N-dealkylation sites (tertiary alicyclic amines) is 1. The van der Waals surface area contributed by atoms with Gasteiger partial charge in [-0.2, -0.15) is 9.97 Å². The molecule has 3 N–H and O–H groups in total. The lowest BCUT2D eigenvalue weighted by atomic mass is 10.1. The minimum Gasteiger partial charge on any atom is -0.481 e. The van der Waals surface area contributed by atoms with Crippen LogP contribution in [0.25, 0.3) is 0 Å². The number of rotatable bonds is 5. The van der Waals surface area contributed by atoms with Gasteiger partial charge in [-0.1, -0.05) is 6.92 Å². The number of nitrogens with zero attached hydrogens (tertiary/aromatic N) is 3. The van der Waals surface area contributed by atoms with Crippen LogP contribution in [-0.2, 0) is 0 Å². The summed E-state index contributed by atoms with van der Waals surface area (Å²) in [7, 11) is 1.57. The van der Waals surface area contributed by atoms with Crippen molar-refractivity contribution in [3.8, 4) is 5.88 Å². The molecule has 0 spiro atoms. The summed E-state index contributed by atoms with van der Waals surface area (Å²) in [6, 6.07) is 1.77. The van der Waals surface area contributed by atoms with Crippen LogP contribution in [-0.4, -0.2) is 48.2 Å². The third-order valence-corrected chi connectivity index (χ3v) is 3.32. The van der Waals surface area contributed by atoms with E-state index < -0.39 is 0 Å². The van der Waals surface area contributed by atoms with E-state index in [0.717, 1.165) is 25.5 Å². The number of nitrogen functional groups attached to an aromatic ring is 1. The van der Waals surface area contributed by atoms with E-state index >= 15 is 0 Å². The summed E-state index contributed by atoms with van der Waals surface area (Å²) < 4.78 is 5.06. The van der Waals surface area contributed by atoms with E-state index in [1.54, 1.807) is 13.2 Å². The first-order valence-electron chi connectivity index (χ1n) is 6.36. The lowest BCUT2D eigenvalue weighted by Gasteiger charge is -2.14. The summed E-state index contributed by atoms with van der Waals surface area (Å²) in [6.45, 7) is 6.59. The number of methoxy groups -OCH3 is 1. The molecule has 1 aliphatic heterocycles. The Balaban J connectivity index is 1.88. The molecule has 0 amide bonds. The van der Waals surface area contributed by atoms with Crippen LogP contribution < -0.4 is 15.8 Å². The average molecular weight is 251 g/mol. The molecule has 1 aliphatic rings. The van der Waals surface area contributed by atoms with Gasteiger partial charge in [0.15, 0.2) is 0 Å². The van der Waals surface area contributed by atoms with E-state index in [1.807, 2.05) is 0 Å². The van der Waals surface area contributed by atoms with Gasteiger partial charge in [-0.05, 0) is 25.4 Å². The van der Waals surface area contributed by atoms with E-state index in [2.05, 4.69) is 27.1 Å². The van der Waals surface area contributed by atoms with E-state index in [1.165, 1.54) is 13.0 Å². The maximum absolute atomic E-state index is 5.61. The molecule has 6 heteroatoms. The molecular weight excluding hydrogens is 230 g/mol. The Morgan fingerprint density at radius 1 is 1.56 bits per heavy atom. The van der Waals surface area contributed by atoms with Crippen molar-refractivity contribution in [3.63, 3.8) is 0 Å². The minimum atomic E-state index is 0.235. The molecule has 1 atom stereocenters. The number of hydrogen-bond donors (Lipinski definition) is 2. The summed E-state index contributed by atoms with van der Waals surface area (Å²) >= 11 is 0. The Bertz CT molecular complexity index is 398. The number of hydrogen-bond acceptors (Lipinski definition) is 6. The topological polar surface area (TPSA) is 76.3 Å². The molecule has 0 saturated carbocycles. The van der Waals surface area contributed by atoms with E-state index in [-0.39, 0.29) is 5.95 Å². The zero-order valence-electron chi connectivity index (χ0n) is 11.0. The molecule has 2 heterocycles. The van der Waals surface area contributed by atoms with Gasteiger partial charge in [-0.15, -0.1) is 0 Å². The molecule has 18 heavy (non-hydrogen) atoms. The van der Waals surface area contributed by atoms with Crippen LogP contribution in [0.5, 0.6) is 5.88 Å². The second-order valence-corrected chi connectivity index (χ2v) is 4.58. The van der Waals surface area contributed by atoms with Gasteiger partial charge in [0.25, 0.3) is 0 Å². The molecule has 6 nitrogen and oxygen atoms in total. The van der Waals surface area contributed by atoms with Crippen LogP contribution >= 0.6 is 0 Å². The van der Waals surface area contributed by atoms with Crippen molar-refractivity contribution in [2.75, 3.05) is 44.3 Å². The third-order valence-electron chi connectivity index (χ3n) is 3.32. The van der Waals surface area contributed by atoms with Gasteiger partial charge in [-0.3, -0.25) is 0 Å². The second kappa shape index (κ2) is 5.86. The summed E-state index contributed by atoms with van der Waals surface area (Å²) in [4.78, 5) is 10.6. The Morgan fingerprint density at radius 2 is 2.39 bits per heavy atom. The Kier molecular flexibility index (Phi) is 4.19. The van der Waals surface area contributed by atoms with Crippen molar-refractivity contribution >= 4 is 11.8 Å². The Labute approximate surface area is 108 Å². The molecule has 0 bridgehead atoms. The maximum Gasteiger partial charge on any atom is 0.225 e. The number of nitrogens with two attached hydrogens (primary N) is 1. The predicted octanol–water partition coefficient (Wildman–Crippen LogP) is 0.821. The highest BCUT2D eigenvalue weighted by atomic mass is 16.5. The quantitative estimate of drug-likeness (QED) is 0.807. The average Bonchev–Trinajstić information content (AvgIpc) is 2.83. The molecular formula is C12H21N5O. The van der Waals surface area contributed by atoms with Crippen LogP contribution in [0, 0.1) is 5.92 Å². The third kappa shape index (κ3) is 3.22. The molecule has 1 fully saturated rings. The molecule has 1 aromatic rings. The van der Waals surface area contributed by atoms with Crippen molar-refractivity contribution in [1.29, 1.82) is 0 Å². The molecule has 0 radical (unpaired) electrons. The van der Waals surface area contributed by atoms with Crippen molar-refractivity contribution in [1.82, 2.24) is 14.9 Å². The van der Waals surface area contributed by atoms with Crippen molar-refractivity contribution in [2.45, 2.75) is 13.3 Å². The summed E-state index contributed by atoms with van der Waals surface area (Å²) in [6.07, 6.45) is 1.23. The number of nitrogens with one attached hydrogen (secondary N) is 1. The zero-order valence-corrected chi connectivity index (χ0v) is 11.0. The molecule has 2 rings (SSSR count). The molecule has 1 saturated heterocycles. The highest BCUT2D eigenvalue weighted by molar-refractivity contribution is 5.42.